The molecule has 1 fully saturated rings. The molecule has 0 spiro atoms. The van der Waals surface area contributed by atoms with Gasteiger partial charge in [0.15, 0.2) is 0 Å². The van der Waals surface area contributed by atoms with E-state index < -0.39 is 0 Å². The quantitative estimate of drug-likeness (QED) is 0.905. The summed E-state index contributed by atoms with van der Waals surface area (Å²) in [5.74, 6) is 0.0844. The minimum absolute atomic E-state index is 0.0360. The standard InChI is InChI=1S/C18H23N3O2/c1-14(22)21-11-7-15-5-2-3-6-16(15)17(21)13-18(23)20-10-4-8-19-9-12-20/h2-3,5-7,11,17,19H,4,8-10,12-13H2,1H3. The third-order valence-corrected chi connectivity index (χ3v) is 4.53. The number of benzene rings is 1. The molecule has 2 heterocycles. The molecule has 0 bridgehead atoms. The SMILES string of the molecule is CC(=O)N1C=Cc2ccccc2C1CC(=O)N1CCCNCC1. The first-order valence-electron chi connectivity index (χ1n) is 8.21. The van der Waals surface area contributed by atoms with Crippen molar-refractivity contribution in [1.29, 1.82) is 0 Å². The highest BCUT2D eigenvalue weighted by atomic mass is 16.2. The average Bonchev–Trinajstić information content (AvgIpc) is 2.84. The van der Waals surface area contributed by atoms with Crippen molar-refractivity contribution in [3.05, 3.63) is 41.6 Å². The Balaban J connectivity index is 1.81. The van der Waals surface area contributed by atoms with Crippen molar-refractivity contribution in [1.82, 2.24) is 15.1 Å². The molecule has 122 valence electrons. The van der Waals surface area contributed by atoms with E-state index in [0.29, 0.717) is 6.42 Å². The second-order valence-corrected chi connectivity index (χ2v) is 6.08. The van der Waals surface area contributed by atoms with E-state index in [1.807, 2.05) is 35.2 Å². The van der Waals surface area contributed by atoms with Gasteiger partial charge in [-0.25, -0.2) is 0 Å². The van der Waals surface area contributed by atoms with Crippen LogP contribution in [0.1, 0.15) is 36.9 Å². The fraction of sp³-hybridized carbons (Fsp3) is 0.444. The van der Waals surface area contributed by atoms with Crippen LogP contribution >= 0.6 is 0 Å². The fourth-order valence-electron chi connectivity index (χ4n) is 3.30. The lowest BCUT2D eigenvalue weighted by molar-refractivity contribution is -0.134. The topological polar surface area (TPSA) is 52.7 Å². The molecule has 2 aliphatic rings. The lowest BCUT2D eigenvalue weighted by Gasteiger charge is -2.33. The van der Waals surface area contributed by atoms with Crippen LogP contribution in [0.2, 0.25) is 0 Å². The Labute approximate surface area is 137 Å². The van der Waals surface area contributed by atoms with Gasteiger partial charge in [-0.15, -0.1) is 0 Å². The highest BCUT2D eigenvalue weighted by Crippen LogP contribution is 2.33. The van der Waals surface area contributed by atoms with Crippen LogP contribution in [0.5, 0.6) is 0 Å². The molecule has 3 rings (SSSR count). The molecule has 1 aromatic carbocycles. The molecule has 1 N–H and O–H groups in total. The first-order valence-corrected chi connectivity index (χ1v) is 8.21. The predicted molar refractivity (Wildman–Crippen MR) is 89.4 cm³/mol. The number of rotatable bonds is 2. The second kappa shape index (κ2) is 6.96. The van der Waals surface area contributed by atoms with Gasteiger partial charge in [0.2, 0.25) is 11.8 Å². The average molecular weight is 313 g/mol. The van der Waals surface area contributed by atoms with Gasteiger partial charge in [-0.2, -0.15) is 0 Å². The van der Waals surface area contributed by atoms with Crippen LogP contribution in [0.15, 0.2) is 30.5 Å². The van der Waals surface area contributed by atoms with Gasteiger partial charge in [0.1, 0.15) is 0 Å². The summed E-state index contributed by atoms with van der Waals surface area (Å²) in [5, 5.41) is 3.31. The van der Waals surface area contributed by atoms with Crippen LogP contribution in [0.25, 0.3) is 6.08 Å². The zero-order valence-corrected chi connectivity index (χ0v) is 13.5. The maximum Gasteiger partial charge on any atom is 0.225 e. The minimum Gasteiger partial charge on any atom is -0.341 e. The molecule has 5 heteroatoms. The van der Waals surface area contributed by atoms with Crippen molar-refractivity contribution in [3.63, 3.8) is 0 Å². The molecule has 0 aliphatic carbocycles. The molecular formula is C18H23N3O2. The van der Waals surface area contributed by atoms with Crippen molar-refractivity contribution < 1.29 is 9.59 Å². The summed E-state index contributed by atoms with van der Waals surface area (Å²) in [6.07, 6.45) is 5.05. The van der Waals surface area contributed by atoms with Crippen molar-refractivity contribution in [2.75, 3.05) is 26.2 Å². The van der Waals surface area contributed by atoms with Crippen LogP contribution in [0.4, 0.5) is 0 Å². The number of fused-ring (bicyclic) bond motifs is 1. The Hall–Kier alpha value is -2.14. The zero-order valence-electron chi connectivity index (χ0n) is 13.5. The van der Waals surface area contributed by atoms with Crippen LogP contribution in [-0.4, -0.2) is 47.8 Å². The zero-order chi connectivity index (χ0) is 16.2. The number of amides is 2. The monoisotopic (exact) mass is 313 g/mol. The van der Waals surface area contributed by atoms with Gasteiger partial charge in [0.25, 0.3) is 0 Å². The van der Waals surface area contributed by atoms with Gasteiger partial charge in [-0.3, -0.25) is 9.59 Å². The number of carbonyl (C=O) groups is 2. The molecule has 5 nitrogen and oxygen atoms in total. The number of hydrogen-bond acceptors (Lipinski definition) is 3. The molecule has 23 heavy (non-hydrogen) atoms. The normalized spacial score (nSPS) is 20.8. The Morgan fingerprint density at radius 3 is 2.87 bits per heavy atom. The van der Waals surface area contributed by atoms with E-state index in [2.05, 4.69) is 5.32 Å². The molecule has 0 aromatic heterocycles. The first kappa shape index (κ1) is 15.7. The number of nitrogens with one attached hydrogen (secondary N) is 1. The first-order chi connectivity index (χ1) is 11.2. The smallest absolute Gasteiger partial charge is 0.225 e. The summed E-state index contributed by atoms with van der Waals surface area (Å²) in [6, 6.07) is 7.76. The van der Waals surface area contributed by atoms with Gasteiger partial charge >= 0.3 is 0 Å². The van der Waals surface area contributed by atoms with Gasteiger partial charge < -0.3 is 15.1 Å². The molecule has 1 aromatic rings. The summed E-state index contributed by atoms with van der Waals surface area (Å²) in [7, 11) is 0. The lowest BCUT2D eigenvalue weighted by Crippen LogP contribution is -2.39. The van der Waals surface area contributed by atoms with E-state index in [1.54, 1.807) is 18.0 Å². The van der Waals surface area contributed by atoms with E-state index in [-0.39, 0.29) is 17.9 Å². The molecule has 2 aliphatic heterocycles. The van der Waals surface area contributed by atoms with E-state index in [0.717, 1.165) is 43.7 Å². The van der Waals surface area contributed by atoms with Gasteiger partial charge in [0.05, 0.1) is 12.5 Å². The van der Waals surface area contributed by atoms with Crippen molar-refractivity contribution in [2.24, 2.45) is 0 Å². The minimum atomic E-state index is -0.211. The molecule has 2 amide bonds. The summed E-state index contributed by atoms with van der Waals surface area (Å²) < 4.78 is 0. The molecule has 1 atom stereocenters. The highest BCUT2D eigenvalue weighted by molar-refractivity contribution is 5.82. The Morgan fingerprint density at radius 2 is 2.04 bits per heavy atom. The summed E-state index contributed by atoms with van der Waals surface area (Å²) in [6.45, 7) is 4.87. The largest absolute Gasteiger partial charge is 0.341 e. The Bertz CT molecular complexity index is 618. The van der Waals surface area contributed by atoms with E-state index in [4.69, 9.17) is 0 Å². The fourth-order valence-corrected chi connectivity index (χ4v) is 3.30. The summed E-state index contributed by atoms with van der Waals surface area (Å²) >= 11 is 0. The highest BCUT2D eigenvalue weighted by Gasteiger charge is 2.29. The predicted octanol–water partition coefficient (Wildman–Crippen LogP) is 1.77. The number of nitrogens with zero attached hydrogens (tertiary/aromatic N) is 2. The van der Waals surface area contributed by atoms with Crippen LogP contribution in [-0.2, 0) is 9.59 Å². The van der Waals surface area contributed by atoms with Gasteiger partial charge in [-0.05, 0) is 30.2 Å². The Morgan fingerprint density at radius 1 is 1.22 bits per heavy atom. The lowest BCUT2D eigenvalue weighted by atomic mass is 9.93. The molecule has 1 unspecified atom stereocenters. The Kier molecular flexibility index (Phi) is 4.76. The maximum absolute atomic E-state index is 12.7. The van der Waals surface area contributed by atoms with Crippen molar-refractivity contribution in [2.45, 2.75) is 25.8 Å². The molecule has 0 radical (unpaired) electrons. The molecular weight excluding hydrogens is 290 g/mol. The number of carbonyl (C=O) groups excluding carboxylic acids is 2. The molecule has 1 saturated heterocycles. The summed E-state index contributed by atoms with van der Waals surface area (Å²) in [5.41, 5.74) is 2.13. The van der Waals surface area contributed by atoms with Crippen LogP contribution < -0.4 is 5.32 Å². The van der Waals surface area contributed by atoms with Crippen molar-refractivity contribution >= 4 is 17.9 Å². The van der Waals surface area contributed by atoms with E-state index in [9.17, 15) is 9.59 Å². The number of hydrogen-bond donors (Lipinski definition) is 1. The second-order valence-electron chi connectivity index (χ2n) is 6.08. The maximum atomic E-state index is 12.7. The third-order valence-electron chi connectivity index (χ3n) is 4.53. The molecule has 0 saturated carbocycles. The van der Waals surface area contributed by atoms with E-state index >= 15 is 0 Å². The summed E-state index contributed by atoms with van der Waals surface area (Å²) in [4.78, 5) is 28.3. The van der Waals surface area contributed by atoms with Gasteiger partial charge in [-0.1, -0.05) is 24.3 Å². The van der Waals surface area contributed by atoms with E-state index in [1.165, 1.54) is 0 Å². The van der Waals surface area contributed by atoms with Crippen molar-refractivity contribution in [3.8, 4) is 0 Å². The van der Waals surface area contributed by atoms with Crippen LogP contribution in [0.3, 0.4) is 0 Å². The van der Waals surface area contributed by atoms with Gasteiger partial charge in [0, 0.05) is 32.8 Å². The van der Waals surface area contributed by atoms with Crippen LogP contribution in [0, 0.1) is 0 Å². The third kappa shape index (κ3) is 3.45.